The molecule has 1 fully saturated rings. The average molecular weight is 451 g/mol. The van der Waals surface area contributed by atoms with Crippen LogP contribution in [0.3, 0.4) is 0 Å². The molecular weight excluding hydrogens is 420 g/mol. The minimum Gasteiger partial charge on any atom is -0.464 e. The Morgan fingerprint density at radius 2 is 2.06 bits per heavy atom. The van der Waals surface area contributed by atoms with Crippen molar-refractivity contribution in [3.05, 3.63) is 53.9 Å². The Labute approximate surface area is 193 Å². The largest absolute Gasteiger partial charge is 0.464 e. The van der Waals surface area contributed by atoms with Gasteiger partial charge in [-0.05, 0) is 44.7 Å². The van der Waals surface area contributed by atoms with E-state index >= 15 is 0 Å². The third-order valence-corrected chi connectivity index (χ3v) is 5.67. The van der Waals surface area contributed by atoms with Gasteiger partial charge in [-0.25, -0.2) is 9.78 Å². The lowest BCUT2D eigenvalue weighted by atomic mass is 10.1. The molecule has 0 aliphatic carbocycles. The molecule has 3 heterocycles. The molecular formula is C25H30N4O4. The van der Waals surface area contributed by atoms with E-state index in [1.54, 1.807) is 6.20 Å². The summed E-state index contributed by atoms with van der Waals surface area (Å²) in [5, 5.41) is 6.97. The number of aryl methyl sites for hydroxylation is 2. The Morgan fingerprint density at radius 1 is 1.27 bits per heavy atom. The molecule has 1 saturated heterocycles. The number of hydrogen-bond acceptors (Lipinski definition) is 6. The summed E-state index contributed by atoms with van der Waals surface area (Å²) in [6, 6.07) is 12.1. The molecule has 174 valence electrons. The van der Waals surface area contributed by atoms with Crippen LogP contribution in [0.1, 0.15) is 42.7 Å². The number of carbonyl (C=O) groups is 2. The lowest BCUT2D eigenvalue weighted by Crippen LogP contribution is -2.28. The summed E-state index contributed by atoms with van der Waals surface area (Å²) in [5.41, 5.74) is 3.25. The van der Waals surface area contributed by atoms with E-state index in [9.17, 15) is 9.59 Å². The lowest BCUT2D eigenvalue weighted by Gasteiger charge is -2.13. The number of nitrogens with zero attached hydrogens (tertiary/aromatic N) is 2. The lowest BCUT2D eigenvalue weighted by molar-refractivity contribution is -0.124. The van der Waals surface area contributed by atoms with Crippen molar-refractivity contribution >= 4 is 34.3 Å². The zero-order valence-electron chi connectivity index (χ0n) is 19.3. The van der Waals surface area contributed by atoms with E-state index in [2.05, 4.69) is 15.6 Å². The van der Waals surface area contributed by atoms with E-state index in [0.717, 1.165) is 17.7 Å². The van der Waals surface area contributed by atoms with Crippen molar-refractivity contribution in [2.75, 3.05) is 24.4 Å². The summed E-state index contributed by atoms with van der Waals surface area (Å²) < 4.78 is 12.5. The van der Waals surface area contributed by atoms with E-state index in [1.165, 1.54) is 7.11 Å². The molecule has 2 aromatic heterocycles. The molecule has 0 radical (unpaired) electrons. The topological polar surface area (TPSA) is 94.5 Å². The maximum Gasteiger partial charge on any atom is 0.356 e. The van der Waals surface area contributed by atoms with E-state index < -0.39 is 12.1 Å². The van der Waals surface area contributed by atoms with Gasteiger partial charge < -0.3 is 24.7 Å². The van der Waals surface area contributed by atoms with E-state index in [0.29, 0.717) is 42.7 Å². The van der Waals surface area contributed by atoms with Gasteiger partial charge in [-0.3, -0.25) is 4.79 Å². The van der Waals surface area contributed by atoms with Crippen molar-refractivity contribution < 1.29 is 19.1 Å². The number of rotatable bonds is 8. The van der Waals surface area contributed by atoms with Gasteiger partial charge in [-0.2, -0.15) is 0 Å². The van der Waals surface area contributed by atoms with Crippen LogP contribution in [0, 0.1) is 0 Å². The van der Waals surface area contributed by atoms with Crippen LogP contribution in [0.4, 0.5) is 11.4 Å². The van der Waals surface area contributed by atoms with Crippen molar-refractivity contribution in [1.29, 1.82) is 0 Å². The van der Waals surface area contributed by atoms with Crippen LogP contribution >= 0.6 is 0 Å². The molecule has 1 aromatic carbocycles. The van der Waals surface area contributed by atoms with Gasteiger partial charge >= 0.3 is 5.97 Å². The van der Waals surface area contributed by atoms with Crippen molar-refractivity contribution in [1.82, 2.24) is 9.55 Å². The smallest absolute Gasteiger partial charge is 0.356 e. The number of aromatic nitrogens is 2. The molecule has 1 aliphatic rings. The van der Waals surface area contributed by atoms with Crippen molar-refractivity contribution in [2.24, 2.45) is 0 Å². The highest BCUT2D eigenvalue weighted by molar-refractivity contribution is 6.12. The molecule has 33 heavy (non-hydrogen) atoms. The number of benzene rings is 1. The fourth-order valence-corrected chi connectivity index (χ4v) is 4.16. The number of amides is 1. The molecule has 1 unspecified atom stereocenters. The van der Waals surface area contributed by atoms with Crippen LogP contribution in [-0.4, -0.2) is 47.3 Å². The summed E-state index contributed by atoms with van der Waals surface area (Å²) in [5.74, 6) is -0.788. The Morgan fingerprint density at radius 3 is 2.73 bits per heavy atom. The van der Waals surface area contributed by atoms with Crippen molar-refractivity contribution in [3.8, 4) is 0 Å². The second-order valence-electron chi connectivity index (χ2n) is 8.49. The van der Waals surface area contributed by atoms with Crippen LogP contribution in [-0.2, 0) is 27.2 Å². The molecule has 8 nitrogen and oxygen atoms in total. The quantitative estimate of drug-likeness (QED) is 0.504. The first-order chi connectivity index (χ1) is 16.0. The minimum atomic E-state index is -0.526. The summed E-state index contributed by atoms with van der Waals surface area (Å²) in [4.78, 5) is 30.5. The SMILES string of the molecule is COC(=O)c1c(NC(=O)C2CCCO2)c2cc(NC(C)C)cnc2n1CCc1ccccc1. The first-order valence-corrected chi connectivity index (χ1v) is 11.3. The predicted molar refractivity (Wildman–Crippen MR) is 128 cm³/mol. The number of esters is 1. The van der Waals surface area contributed by atoms with Crippen LogP contribution in [0.25, 0.3) is 11.0 Å². The number of pyridine rings is 1. The standard InChI is InChI=1S/C25H30N4O4/c1-16(2)27-18-14-19-21(28-24(30)20-10-7-13-33-20)22(25(31)32-3)29(23(19)26-15-18)12-11-17-8-5-4-6-9-17/h4-6,8-9,14-16,20,27H,7,10-13H2,1-3H3,(H,28,30). The highest BCUT2D eigenvalue weighted by Gasteiger charge is 2.30. The van der Waals surface area contributed by atoms with Gasteiger partial charge in [0.1, 0.15) is 11.8 Å². The average Bonchev–Trinajstić information content (AvgIpc) is 3.45. The third kappa shape index (κ3) is 5.01. The van der Waals surface area contributed by atoms with Crippen LogP contribution in [0.15, 0.2) is 42.6 Å². The van der Waals surface area contributed by atoms with Crippen LogP contribution in [0.5, 0.6) is 0 Å². The molecule has 0 saturated carbocycles. The summed E-state index contributed by atoms with van der Waals surface area (Å²) in [6.07, 6.45) is 3.41. The molecule has 1 amide bonds. The monoisotopic (exact) mass is 450 g/mol. The van der Waals surface area contributed by atoms with Crippen LogP contribution in [0.2, 0.25) is 0 Å². The Bertz CT molecular complexity index is 1130. The Balaban J connectivity index is 1.80. The number of methoxy groups -OCH3 is 1. The van der Waals surface area contributed by atoms with Crippen LogP contribution < -0.4 is 10.6 Å². The fraction of sp³-hybridized carbons (Fsp3) is 0.400. The number of anilines is 2. The first kappa shape index (κ1) is 22.8. The van der Waals surface area contributed by atoms with Gasteiger partial charge in [0.05, 0.1) is 24.7 Å². The van der Waals surface area contributed by atoms with Crippen molar-refractivity contribution in [3.63, 3.8) is 0 Å². The number of ether oxygens (including phenoxy) is 2. The Hall–Kier alpha value is -3.39. The normalized spacial score (nSPS) is 15.7. The number of hydrogen-bond donors (Lipinski definition) is 2. The maximum atomic E-state index is 12.9. The molecule has 1 aliphatic heterocycles. The third-order valence-electron chi connectivity index (χ3n) is 5.67. The van der Waals surface area contributed by atoms with E-state index in [4.69, 9.17) is 9.47 Å². The molecule has 8 heteroatoms. The van der Waals surface area contributed by atoms with E-state index in [-0.39, 0.29) is 17.6 Å². The number of nitrogens with one attached hydrogen (secondary N) is 2. The second kappa shape index (κ2) is 10.0. The maximum absolute atomic E-state index is 12.9. The van der Waals surface area contributed by atoms with Gasteiger partial charge in [-0.1, -0.05) is 30.3 Å². The van der Waals surface area contributed by atoms with Gasteiger partial charge in [0.2, 0.25) is 0 Å². The van der Waals surface area contributed by atoms with Gasteiger partial charge in [0.25, 0.3) is 5.91 Å². The molecule has 1 atom stereocenters. The van der Waals surface area contributed by atoms with Gasteiger partial charge in [-0.15, -0.1) is 0 Å². The predicted octanol–water partition coefficient (Wildman–Crippen LogP) is 4.00. The second-order valence-corrected chi connectivity index (χ2v) is 8.49. The summed E-state index contributed by atoms with van der Waals surface area (Å²) >= 11 is 0. The minimum absolute atomic E-state index is 0.203. The molecule has 0 bridgehead atoms. The highest BCUT2D eigenvalue weighted by atomic mass is 16.5. The number of carbonyl (C=O) groups excluding carboxylic acids is 2. The Kier molecular flexibility index (Phi) is 6.93. The van der Waals surface area contributed by atoms with Gasteiger partial charge in [0, 0.05) is 24.6 Å². The zero-order chi connectivity index (χ0) is 23.4. The highest BCUT2D eigenvalue weighted by Crippen LogP contribution is 2.33. The number of fused-ring (bicyclic) bond motifs is 1. The van der Waals surface area contributed by atoms with E-state index in [1.807, 2.05) is 54.8 Å². The van der Waals surface area contributed by atoms with Crippen molar-refractivity contribution in [2.45, 2.75) is 51.8 Å². The molecule has 4 rings (SSSR count). The summed E-state index contributed by atoms with van der Waals surface area (Å²) in [7, 11) is 1.34. The molecule has 3 aromatic rings. The molecule has 2 N–H and O–H groups in total. The fourth-order valence-electron chi connectivity index (χ4n) is 4.16. The molecule has 0 spiro atoms. The summed E-state index contributed by atoms with van der Waals surface area (Å²) in [6.45, 7) is 5.14. The zero-order valence-corrected chi connectivity index (χ0v) is 19.3. The van der Waals surface area contributed by atoms with Gasteiger partial charge in [0.15, 0.2) is 5.69 Å². The first-order valence-electron chi connectivity index (χ1n) is 11.3.